The lowest BCUT2D eigenvalue weighted by molar-refractivity contribution is -0.146. The molecule has 2 rings (SSSR count). The van der Waals surface area contributed by atoms with E-state index in [-0.39, 0.29) is 25.4 Å². The Morgan fingerprint density at radius 1 is 1.31 bits per heavy atom. The highest BCUT2D eigenvalue weighted by Crippen LogP contribution is 2.32. The maximum atomic E-state index is 11.8. The normalized spacial score (nSPS) is 23.7. The number of imide groups is 1. The molecule has 1 saturated heterocycles. The molecule has 1 aliphatic carbocycles. The van der Waals surface area contributed by atoms with Gasteiger partial charge in [0.05, 0.1) is 0 Å². The van der Waals surface area contributed by atoms with Crippen LogP contribution in [-0.2, 0) is 14.4 Å². The molecule has 0 unspecified atom stereocenters. The summed E-state index contributed by atoms with van der Waals surface area (Å²) in [5.41, 5.74) is 5.54. The molecule has 0 aromatic carbocycles. The van der Waals surface area contributed by atoms with Crippen LogP contribution in [0.1, 0.15) is 25.7 Å². The van der Waals surface area contributed by atoms with Crippen molar-refractivity contribution in [3.8, 4) is 0 Å². The number of hydrogen-bond donors (Lipinski definition) is 2. The highest BCUT2D eigenvalue weighted by Gasteiger charge is 2.37. The first-order valence-corrected chi connectivity index (χ1v) is 5.38. The molecule has 0 bridgehead atoms. The van der Waals surface area contributed by atoms with Crippen molar-refractivity contribution in [1.29, 1.82) is 0 Å². The van der Waals surface area contributed by atoms with Crippen LogP contribution in [0.5, 0.6) is 0 Å². The van der Waals surface area contributed by atoms with Gasteiger partial charge in [0.1, 0.15) is 13.1 Å². The van der Waals surface area contributed by atoms with E-state index >= 15 is 0 Å². The summed E-state index contributed by atoms with van der Waals surface area (Å²) in [5, 5.41) is 2.15. The zero-order valence-corrected chi connectivity index (χ0v) is 8.99. The van der Waals surface area contributed by atoms with Gasteiger partial charge < -0.3 is 10.6 Å². The maximum Gasteiger partial charge on any atom is 0.246 e. The van der Waals surface area contributed by atoms with Crippen LogP contribution in [0.25, 0.3) is 0 Å². The van der Waals surface area contributed by atoms with Gasteiger partial charge in [-0.2, -0.15) is 0 Å². The van der Waals surface area contributed by atoms with Gasteiger partial charge in [-0.05, 0) is 19.3 Å². The van der Waals surface area contributed by atoms with E-state index in [9.17, 15) is 14.4 Å². The summed E-state index contributed by atoms with van der Waals surface area (Å²) in [6.07, 6.45) is 2.95. The van der Waals surface area contributed by atoms with Gasteiger partial charge in [0, 0.05) is 12.0 Å². The molecule has 6 nitrogen and oxygen atoms in total. The molecular formula is C10H15N3O3. The van der Waals surface area contributed by atoms with Crippen molar-refractivity contribution in [2.75, 3.05) is 13.1 Å². The number of rotatable bonds is 2. The molecule has 0 atom stereocenters. The Morgan fingerprint density at radius 3 is 2.31 bits per heavy atom. The van der Waals surface area contributed by atoms with Crippen molar-refractivity contribution in [2.45, 2.75) is 31.2 Å². The molecule has 0 aromatic rings. The highest BCUT2D eigenvalue weighted by atomic mass is 16.2. The molecule has 2 aliphatic rings. The number of nitrogens with zero attached hydrogens (tertiary/aromatic N) is 1. The van der Waals surface area contributed by atoms with E-state index in [1.807, 2.05) is 0 Å². The molecule has 3 amide bonds. The Balaban J connectivity index is 1.93. The van der Waals surface area contributed by atoms with Crippen LogP contribution in [0.2, 0.25) is 0 Å². The smallest absolute Gasteiger partial charge is 0.246 e. The van der Waals surface area contributed by atoms with Crippen molar-refractivity contribution >= 4 is 17.7 Å². The van der Waals surface area contributed by atoms with Crippen molar-refractivity contribution < 1.29 is 14.4 Å². The SMILES string of the molecule is NC1(CC(=O)N2CC(=O)NC(=O)C2)CCC1. The minimum atomic E-state index is -0.427. The molecule has 0 aromatic heterocycles. The lowest BCUT2D eigenvalue weighted by Gasteiger charge is -2.39. The second-order valence-corrected chi connectivity index (χ2v) is 4.61. The first-order valence-electron chi connectivity index (χ1n) is 5.38. The Labute approximate surface area is 93.1 Å². The largest absolute Gasteiger partial charge is 0.325 e. The fourth-order valence-electron chi connectivity index (χ4n) is 2.03. The van der Waals surface area contributed by atoms with E-state index in [1.54, 1.807) is 0 Å². The molecule has 1 aliphatic heterocycles. The molecule has 0 radical (unpaired) electrons. The third kappa shape index (κ3) is 2.21. The van der Waals surface area contributed by atoms with Crippen molar-refractivity contribution in [3.63, 3.8) is 0 Å². The molecule has 1 saturated carbocycles. The number of carbonyl (C=O) groups excluding carboxylic acids is 3. The Morgan fingerprint density at radius 2 is 1.88 bits per heavy atom. The van der Waals surface area contributed by atoms with Gasteiger partial charge in [0.25, 0.3) is 0 Å². The van der Waals surface area contributed by atoms with E-state index in [2.05, 4.69) is 5.32 Å². The number of piperazine rings is 1. The van der Waals surface area contributed by atoms with E-state index in [1.165, 1.54) is 4.90 Å². The molecule has 3 N–H and O–H groups in total. The van der Waals surface area contributed by atoms with Gasteiger partial charge in [-0.15, -0.1) is 0 Å². The van der Waals surface area contributed by atoms with Crippen molar-refractivity contribution in [2.24, 2.45) is 5.73 Å². The monoisotopic (exact) mass is 225 g/mol. The Kier molecular flexibility index (Phi) is 2.67. The number of nitrogens with one attached hydrogen (secondary N) is 1. The second-order valence-electron chi connectivity index (χ2n) is 4.61. The molecular weight excluding hydrogens is 210 g/mol. The number of hydrogen-bond acceptors (Lipinski definition) is 4. The fraction of sp³-hybridized carbons (Fsp3) is 0.700. The quantitative estimate of drug-likeness (QED) is 0.574. The molecule has 16 heavy (non-hydrogen) atoms. The van der Waals surface area contributed by atoms with Gasteiger partial charge >= 0.3 is 0 Å². The Hall–Kier alpha value is -1.43. The summed E-state index contributed by atoms with van der Waals surface area (Å²) < 4.78 is 0. The second kappa shape index (κ2) is 3.86. The summed E-state index contributed by atoms with van der Waals surface area (Å²) in [6, 6.07) is 0. The molecule has 0 spiro atoms. The first kappa shape index (κ1) is 11.1. The predicted octanol–water partition coefficient (Wildman–Crippen LogP) is -1.26. The molecule has 6 heteroatoms. The summed E-state index contributed by atoms with van der Waals surface area (Å²) in [7, 11) is 0. The topological polar surface area (TPSA) is 92.5 Å². The lowest BCUT2D eigenvalue weighted by Crippen LogP contribution is -2.56. The van der Waals surface area contributed by atoms with E-state index < -0.39 is 17.4 Å². The van der Waals surface area contributed by atoms with E-state index in [0.717, 1.165) is 19.3 Å². The average molecular weight is 225 g/mol. The van der Waals surface area contributed by atoms with Gasteiger partial charge in [-0.1, -0.05) is 0 Å². The van der Waals surface area contributed by atoms with Gasteiger partial charge in [0.2, 0.25) is 17.7 Å². The lowest BCUT2D eigenvalue weighted by atomic mass is 9.75. The predicted molar refractivity (Wildman–Crippen MR) is 55.1 cm³/mol. The third-order valence-electron chi connectivity index (χ3n) is 3.15. The first-order chi connectivity index (χ1) is 7.48. The maximum absolute atomic E-state index is 11.8. The zero-order valence-electron chi connectivity index (χ0n) is 8.99. The number of nitrogens with two attached hydrogens (primary N) is 1. The van der Waals surface area contributed by atoms with Crippen LogP contribution in [0.4, 0.5) is 0 Å². The average Bonchev–Trinajstić information content (AvgIpc) is 2.13. The number of carbonyl (C=O) groups is 3. The fourth-order valence-corrected chi connectivity index (χ4v) is 2.03. The van der Waals surface area contributed by atoms with E-state index in [0.29, 0.717) is 0 Å². The van der Waals surface area contributed by atoms with Gasteiger partial charge in [-0.3, -0.25) is 19.7 Å². The van der Waals surface area contributed by atoms with Crippen LogP contribution < -0.4 is 11.1 Å². The van der Waals surface area contributed by atoms with Crippen molar-refractivity contribution in [1.82, 2.24) is 10.2 Å². The molecule has 2 fully saturated rings. The van der Waals surface area contributed by atoms with Gasteiger partial charge in [0.15, 0.2) is 0 Å². The van der Waals surface area contributed by atoms with Gasteiger partial charge in [-0.25, -0.2) is 0 Å². The van der Waals surface area contributed by atoms with Crippen molar-refractivity contribution in [3.05, 3.63) is 0 Å². The van der Waals surface area contributed by atoms with E-state index in [4.69, 9.17) is 5.73 Å². The Bertz CT molecular complexity index is 333. The summed E-state index contributed by atoms with van der Waals surface area (Å²) in [6.45, 7) is -0.0820. The summed E-state index contributed by atoms with van der Waals surface area (Å²) in [5.74, 6) is -1.06. The standard InChI is InChI=1S/C10H15N3O3/c11-10(2-1-3-10)4-9(16)13-5-7(14)12-8(15)6-13/h1-6,11H2,(H,12,14,15). The molecule has 1 heterocycles. The van der Waals surface area contributed by atoms with Crippen LogP contribution in [0.15, 0.2) is 0 Å². The minimum Gasteiger partial charge on any atom is -0.325 e. The summed E-state index contributed by atoms with van der Waals surface area (Å²) in [4.78, 5) is 35.2. The highest BCUT2D eigenvalue weighted by molar-refractivity contribution is 6.02. The zero-order chi connectivity index (χ0) is 11.8. The molecule has 88 valence electrons. The van der Waals surface area contributed by atoms with Crippen LogP contribution in [0.3, 0.4) is 0 Å². The van der Waals surface area contributed by atoms with Crippen LogP contribution in [0, 0.1) is 0 Å². The minimum absolute atomic E-state index is 0.0410. The third-order valence-corrected chi connectivity index (χ3v) is 3.15. The summed E-state index contributed by atoms with van der Waals surface area (Å²) >= 11 is 0. The van der Waals surface area contributed by atoms with Crippen LogP contribution in [-0.4, -0.2) is 41.2 Å². The van der Waals surface area contributed by atoms with Crippen LogP contribution >= 0.6 is 0 Å². The number of amides is 3.